The third kappa shape index (κ3) is 3.79. The van der Waals surface area contributed by atoms with Crippen LogP contribution in [-0.2, 0) is 9.84 Å². The second-order valence-corrected chi connectivity index (χ2v) is 8.13. The molecule has 21 heavy (non-hydrogen) atoms. The first-order chi connectivity index (χ1) is 9.79. The van der Waals surface area contributed by atoms with Crippen molar-refractivity contribution in [3.05, 3.63) is 34.4 Å². The number of hydrogen-bond acceptors (Lipinski definition) is 6. The maximum Gasteiger partial charge on any atom is 0.179 e. The summed E-state index contributed by atoms with van der Waals surface area (Å²) in [4.78, 5) is 8.92. The van der Waals surface area contributed by atoms with Crippen LogP contribution < -0.4 is 5.32 Å². The number of nitrogens with one attached hydrogen (secondary N) is 1. The summed E-state index contributed by atoms with van der Waals surface area (Å²) in [5.41, 5.74) is 0.897. The first-order valence-corrected chi connectivity index (χ1v) is 9.43. The standard InChI is InChI=1S/C14H19N3O2S2/c1-9(2)14-17-11(8-20-14)10(3)16-13-12(21(4,18)19)6-5-7-15-13/h5-10H,1-4H3,(H,15,16). The van der Waals surface area contributed by atoms with Gasteiger partial charge in [-0.05, 0) is 19.1 Å². The van der Waals surface area contributed by atoms with Crippen molar-refractivity contribution in [1.29, 1.82) is 0 Å². The number of nitrogens with zero attached hydrogens (tertiary/aromatic N) is 2. The van der Waals surface area contributed by atoms with Gasteiger partial charge in [0.1, 0.15) is 10.7 Å². The molecule has 0 bridgehead atoms. The molecule has 5 nitrogen and oxygen atoms in total. The highest BCUT2D eigenvalue weighted by molar-refractivity contribution is 7.90. The minimum Gasteiger partial charge on any atom is -0.361 e. The first kappa shape index (κ1) is 15.9. The molecule has 1 unspecified atom stereocenters. The van der Waals surface area contributed by atoms with Crippen molar-refractivity contribution in [2.75, 3.05) is 11.6 Å². The summed E-state index contributed by atoms with van der Waals surface area (Å²) in [5.74, 6) is 0.754. The molecule has 0 amide bonds. The van der Waals surface area contributed by atoms with Crippen LogP contribution in [0.15, 0.2) is 28.6 Å². The van der Waals surface area contributed by atoms with Crippen molar-refractivity contribution in [2.24, 2.45) is 0 Å². The van der Waals surface area contributed by atoms with E-state index < -0.39 is 9.84 Å². The topological polar surface area (TPSA) is 72.0 Å². The summed E-state index contributed by atoms with van der Waals surface area (Å²) in [6, 6.07) is 3.06. The predicted molar refractivity (Wildman–Crippen MR) is 85.6 cm³/mol. The van der Waals surface area contributed by atoms with Crippen LogP contribution in [0.25, 0.3) is 0 Å². The van der Waals surface area contributed by atoms with E-state index in [2.05, 4.69) is 29.1 Å². The second-order valence-electron chi connectivity index (χ2n) is 5.25. The molecule has 0 aliphatic rings. The quantitative estimate of drug-likeness (QED) is 0.913. The van der Waals surface area contributed by atoms with Crippen molar-refractivity contribution in [2.45, 2.75) is 37.6 Å². The van der Waals surface area contributed by atoms with Gasteiger partial charge in [0.25, 0.3) is 0 Å². The fourth-order valence-corrected chi connectivity index (χ4v) is 3.56. The number of sulfone groups is 1. The van der Waals surface area contributed by atoms with Crippen LogP contribution in [0.4, 0.5) is 5.82 Å². The number of aromatic nitrogens is 2. The van der Waals surface area contributed by atoms with Gasteiger partial charge < -0.3 is 5.32 Å². The van der Waals surface area contributed by atoms with Gasteiger partial charge in [0.15, 0.2) is 9.84 Å². The van der Waals surface area contributed by atoms with Crippen LogP contribution in [0.2, 0.25) is 0 Å². The summed E-state index contributed by atoms with van der Waals surface area (Å²) < 4.78 is 23.5. The lowest BCUT2D eigenvalue weighted by Gasteiger charge is -2.14. The number of thiazole rings is 1. The van der Waals surface area contributed by atoms with E-state index in [9.17, 15) is 8.42 Å². The summed E-state index contributed by atoms with van der Waals surface area (Å²) in [6.07, 6.45) is 2.75. The Morgan fingerprint density at radius 2 is 2.00 bits per heavy atom. The molecule has 2 aromatic rings. The Bertz CT molecular complexity index is 723. The van der Waals surface area contributed by atoms with Crippen LogP contribution in [0.3, 0.4) is 0 Å². The first-order valence-electron chi connectivity index (χ1n) is 6.66. The van der Waals surface area contributed by atoms with Crippen molar-refractivity contribution in [1.82, 2.24) is 9.97 Å². The smallest absolute Gasteiger partial charge is 0.179 e. The lowest BCUT2D eigenvalue weighted by molar-refractivity contribution is 0.601. The molecule has 0 aromatic carbocycles. The lowest BCUT2D eigenvalue weighted by Crippen LogP contribution is -2.12. The molecule has 1 N–H and O–H groups in total. The van der Waals surface area contributed by atoms with Crippen molar-refractivity contribution in [3.8, 4) is 0 Å². The Labute approximate surface area is 129 Å². The SMILES string of the molecule is CC(C)c1nc(C(C)Nc2ncccc2S(C)(=O)=O)cs1. The molecule has 0 fully saturated rings. The van der Waals surface area contributed by atoms with Gasteiger partial charge in [-0.2, -0.15) is 0 Å². The van der Waals surface area contributed by atoms with Crippen LogP contribution in [-0.4, -0.2) is 24.6 Å². The molecule has 0 aliphatic carbocycles. The van der Waals surface area contributed by atoms with Gasteiger partial charge >= 0.3 is 0 Å². The zero-order valence-electron chi connectivity index (χ0n) is 12.5. The van der Waals surface area contributed by atoms with Crippen LogP contribution >= 0.6 is 11.3 Å². The van der Waals surface area contributed by atoms with E-state index >= 15 is 0 Å². The Morgan fingerprint density at radius 3 is 2.57 bits per heavy atom. The van der Waals surface area contributed by atoms with E-state index in [-0.39, 0.29) is 10.9 Å². The van der Waals surface area contributed by atoms with E-state index in [1.807, 2.05) is 12.3 Å². The molecular formula is C14H19N3O2S2. The van der Waals surface area contributed by atoms with Gasteiger partial charge in [-0.25, -0.2) is 18.4 Å². The van der Waals surface area contributed by atoms with Crippen molar-refractivity contribution >= 4 is 27.0 Å². The van der Waals surface area contributed by atoms with Crippen LogP contribution in [0.1, 0.15) is 43.4 Å². The van der Waals surface area contributed by atoms with Crippen molar-refractivity contribution in [3.63, 3.8) is 0 Å². The average molecular weight is 325 g/mol. The molecule has 2 rings (SSSR count). The Hall–Kier alpha value is -1.47. The number of rotatable bonds is 5. The molecule has 0 saturated carbocycles. The summed E-state index contributed by atoms with van der Waals surface area (Å²) >= 11 is 1.62. The van der Waals surface area contributed by atoms with E-state index in [1.165, 1.54) is 6.26 Å². The third-order valence-corrected chi connectivity index (χ3v) is 5.29. The lowest BCUT2D eigenvalue weighted by atomic mass is 10.2. The van der Waals surface area contributed by atoms with Gasteiger partial charge in [0, 0.05) is 23.8 Å². The van der Waals surface area contributed by atoms with Crippen LogP contribution in [0.5, 0.6) is 0 Å². The number of pyridine rings is 1. The fraction of sp³-hybridized carbons (Fsp3) is 0.429. The Morgan fingerprint density at radius 1 is 1.29 bits per heavy atom. The molecular weight excluding hydrogens is 306 g/mol. The molecule has 2 heterocycles. The summed E-state index contributed by atoms with van der Waals surface area (Å²) in [5, 5.41) is 6.21. The maximum atomic E-state index is 11.8. The van der Waals surface area contributed by atoms with Gasteiger partial charge in [0.05, 0.1) is 16.7 Å². The fourth-order valence-electron chi connectivity index (χ4n) is 1.84. The predicted octanol–water partition coefficient (Wildman–Crippen LogP) is 3.24. The zero-order chi connectivity index (χ0) is 15.6. The van der Waals surface area contributed by atoms with Gasteiger partial charge in [-0.15, -0.1) is 11.3 Å². The van der Waals surface area contributed by atoms with Crippen molar-refractivity contribution < 1.29 is 8.42 Å². The van der Waals surface area contributed by atoms with E-state index in [4.69, 9.17) is 0 Å². The average Bonchev–Trinajstić information content (AvgIpc) is 2.88. The zero-order valence-corrected chi connectivity index (χ0v) is 14.1. The number of hydrogen-bond donors (Lipinski definition) is 1. The maximum absolute atomic E-state index is 11.8. The van der Waals surface area contributed by atoms with Gasteiger partial charge in [-0.3, -0.25) is 0 Å². The summed E-state index contributed by atoms with van der Waals surface area (Å²) in [6.45, 7) is 6.14. The number of anilines is 1. The highest BCUT2D eigenvalue weighted by Crippen LogP contribution is 2.26. The summed E-state index contributed by atoms with van der Waals surface area (Å²) in [7, 11) is -3.31. The Balaban J connectivity index is 2.25. The molecule has 2 aromatic heterocycles. The molecule has 0 aliphatic heterocycles. The minimum atomic E-state index is -3.31. The molecule has 7 heteroatoms. The van der Waals surface area contributed by atoms with Gasteiger partial charge in [-0.1, -0.05) is 13.8 Å². The molecule has 0 saturated heterocycles. The van der Waals surface area contributed by atoms with E-state index in [0.29, 0.717) is 11.7 Å². The third-order valence-electron chi connectivity index (χ3n) is 3.00. The van der Waals surface area contributed by atoms with Crippen LogP contribution in [0, 0.1) is 0 Å². The van der Waals surface area contributed by atoms with E-state index in [1.54, 1.807) is 29.7 Å². The minimum absolute atomic E-state index is 0.107. The normalized spacial score (nSPS) is 13.4. The molecule has 1 atom stereocenters. The molecule has 114 valence electrons. The van der Waals surface area contributed by atoms with E-state index in [0.717, 1.165) is 10.7 Å². The highest BCUT2D eigenvalue weighted by Gasteiger charge is 2.18. The highest BCUT2D eigenvalue weighted by atomic mass is 32.2. The molecule has 0 spiro atoms. The monoisotopic (exact) mass is 325 g/mol. The largest absolute Gasteiger partial charge is 0.361 e. The second kappa shape index (κ2) is 6.11. The Kier molecular flexibility index (Phi) is 4.63. The molecule has 0 radical (unpaired) electrons. The van der Waals surface area contributed by atoms with Gasteiger partial charge in [0.2, 0.25) is 0 Å².